The molecule has 0 unspecified atom stereocenters. The smallest absolute Gasteiger partial charge is 0.337 e. The van der Waals surface area contributed by atoms with Gasteiger partial charge in [0.05, 0.1) is 0 Å². The third-order valence-electron chi connectivity index (χ3n) is 3.65. The predicted molar refractivity (Wildman–Crippen MR) is 74.8 cm³/mol. The zero-order valence-corrected chi connectivity index (χ0v) is 11.4. The van der Waals surface area contributed by atoms with Crippen molar-refractivity contribution in [2.75, 3.05) is 13.1 Å². The van der Waals surface area contributed by atoms with Crippen LogP contribution in [-0.4, -0.2) is 43.8 Å². The number of piperidine rings is 1. The second kappa shape index (κ2) is 5.82. The first kappa shape index (κ1) is 13.4. The highest BCUT2D eigenvalue weighted by atomic mass is 16.2. The first-order valence-corrected chi connectivity index (χ1v) is 6.84. The molecule has 1 N–H and O–H groups in total. The van der Waals surface area contributed by atoms with E-state index in [2.05, 4.69) is 19.9 Å². The molecule has 3 heterocycles. The van der Waals surface area contributed by atoms with Gasteiger partial charge in [-0.25, -0.2) is 19.7 Å². The zero-order valence-electron chi connectivity index (χ0n) is 11.4. The van der Waals surface area contributed by atoms with Gasteiger partial charge in [-0.2, -0.15) is 0 Å². The van der Waals surface area contributed by atoms with Crippen LogP contribution in [0.25, 0.3) is 0 Å². The van der Waals surface area contributed by atoms with Gasteiger partial charge in [0.2, 0.25) is 0 Å². The summed E-state index contributed by atoms with van der Waals surface area (Å²) in [5.41, 5.74) is 0.871. The van der Waals surface area contributed by atoms with Crippen molar-refractivity contribution in [3.05, 3.63) is 52.7 Å². The standard InChI is InChI=1S/C14H15N5O2/c20-13(12-3-5-15-9-17-12)19-7-1-2-10(8-19)11-4-6-16-14(21)18-11/h3-6,9-10H,1-2,7-8H2,(H,16,18,21)/t10-/m1/s1. The van der Waals surface area contributed by atoms with Gasteiger partial charge in [0.15, 0.2) is 0 Å². The van der Waals surface area contributed by atoms with Gasteiger partial charge >= 0.3 is 5.69 Å². The lowest BCUT2D eigenvalue weighted by atomic mass is 9.94. The fourth-order valence-electron chi connectivity index (χ4n) is 2.62. The number of H-pyrrole nitrogens is 1. The molecule has 2 aromatic rings. The number of aromatic nitrogens is 4. The Labute approximate surface area is 121 Å². The molecule has 0 aliphatic carbocycles. The van der Waals surface area contributed by atoms with Crippen LogP contribution in [0.5, 0.6) is 0 Å². The minimum absolute atomic E-state index is 0.0986. The average molecular weight is 285 g/mol. The minimum atomic E-state index is -0.355. The highest BCUT2D eigenvalue weighted by Gasteiger charge is 2.26. The number of hydrogen-bond donors (Lipinski definition) is 1. The summed E-state index contributed by atoms with van der Waals surface area (Å²) in [5.74, 6) is 0.0266. The molecule has 0 saturated carbocycles. The fraction of sp³-hybridized carbons (Fsp3) is 0.357. The number of rotatable bonds is 2. The minimum Gasteiger partial charge on any atom is -0.337 e. The molecule has 0 aromatic carbocycles. The Balaban J connectivity index is 1.77. The van der Waals surface area contributed by atoms with Crippen molar-refractivity contribution in [1.29, 1.82) is 0 Å². The van der Waals surface area contributed by atoms with E-state index in [9.17, 15) is 9.59 Å². The van der Waals surface area contributed by atoms with Gasteiger partial charge in [0, 0.05) is 37.1 Å². The molecule has 0 radical (unpaired) electrons. The van der Waals surface area contributed by atoms with Gasteiger partial charge in [0.25, 0.3) is 5.91 Å². The van der Waals surface area contributed by atoms with Crippen LogP contribution in [0.1, 0.15) is 34.9 Å². The highest BCUT2D eigenvalue weighted by molar-refractivity contribution is 5.92. The Morgan fingerprint density at radius 1 is 1.29 bits per heavy atom. The number of amides is 1. The molecule has 0 spiro atoms. The lowest BCUT2D eigenvalue weighted by Crippen LogP contribution is -2.40. The van der Waals surface area contributed by atoms with Crippen molar-refractivity contribution in [2.45, 2.75) is 18.8 Å². The van der Waals surface area contributed by atoms with Crippen LogP contribution < -0.4 is 5.69 Å². The normalized spacial score (nSPS) is 18.5. The zero-order chi connectivity index (χ0) is 14.7. The van der Waals surface area contributed by atoms with Gasteiger partial charge in [0.1, 0.15) is 12.0 Å². The largest absolute Gasteiger partial charge is 0.345 e. The average Bonchev–Trinajstić information content (AvgIpc) is 2.55. The maximum Gasteiger partial charge on any atom is 0.345 e. The third-order valence-corrected chi connectivity index (χ3v) is 3.65. The van der Waals surface area contributed by atoms with Crippen molar-refractivity contribution in [2.24, 2.45) is 0 Å². The molecule has 1 amide bonds. The molecule has 7 heteroatoms. The monoisotopic (exact) mass is 285 g/mol. The fourth-order valence-corrected chi connectivity index (χ4v) is 2.62. The second-order valence-corrected chi connectivity index (χ2v) is 5.02. The topological polar surface area (TPSA) is 91.8 Å². The van der Waals surface area contributed by atoms with E-state index in [0.717, 1.165) is 18.5 Å². The predicted octanol–water partition coefficient (Wildman–Crippen LogP) is 0.580. The summed E-state index contributed by atoms with van der Waals surface area (Å²) in [5, 5.41) is 0. The van der Waals surface area contributed by atoms with Crippen molar-refractivity contribution in [3.63, 3.8) is 0 Å². The maximum atomic E-state index is 12.4. The van der Waals surface area contributed by atoms with E-state index >= 15 is 0 Å². The molecular formula is C14H15N5O2. The number of carbonyl (C=O) groups excluding carboxylic acids is 1. The number of nitrogens with zero attached hydrogens (tertiary/aromatic N) is 4. The molecular weight excluding hydrogens is 270 g/mol. The van der Waals surface area contributed by atoms with Crippen LogP contribution in [0.15, 0.2) is 35.6 Å². The van der Waals surface area contributed by atoms with Crippen LogP contribution in [0.3, 0.4) is 0 Å². The summed E-state index contributed by atoms with van der Waals surface area (Å²) in [4.78, 5) is 39.7. The number of carbonyl (C=O) groups is 1. The van der Waals surface area contributed by atoms with Gasteiger partial charge in [-0.15, -0.1) is 0 Å². The Bertz CT molecular complexity index is 685. The maximum absolute atomic E-state index is 12.4. The molecule has 1 atom stereocenters. The second-order valence-electron chi connectivity index (χ2n) is 5.02. The van der Waals surface area contributed by atoms with Crippen molar-refractivity contribution in [3.8, 4) is 0 Å². The molecule has 7 nitrogen and oxygen atoms in total. The number of hydrogen-bond acceptors (Lipinski definition) is 5. The lowest BCUT2D eigenvalue weighted by Gasteiger charge is -2.32. The summed E-state index contributed by atoms with van der Waals surface area (Å²) in [6, 6.07) is 3.41. The Hall–Kier alpha value is -2.57. The first-order chi connectivity index (χ1) is 10.2. The molecule has 2 aromatic heterocycles. The highest BCUT2D eigenvalue weighted by Crippen LogP contribution is 2.25. The van der Waals surface area contributed by atoms with Crippen LogP contribution in [0.2, 0.25) is 0 Å². The van der Waals surface area contributed by atoms with Crippen molar-refractivity contribution >= 4 is 5.91 Å². The Morgan fingerprint density at radius 3 is 2.95 bits per heavy atom. The van der Waals surface area contributed by atoms with Crippen LogP contribution in [0.4, 0.5) is 0 Å². The van der Waals surface area contributed by atoms with Gasteiger partial charge < -0.3 is 9.88 Å². The summed E-state index contributed by atoms with van der Waals surface area (Å²) in [6.07, 6.45) is 6.26. The molecule has 108 valence electrons. The summed E-state index contributed by atoms with van der Waals surface area (Å²) >= 11 is 0. The van der Waals surface area contributed by atoms with E-state index < -0.39 is 0 Å². The van der Waals surface area contributed by atoms with E-state index in [1.807, 2.05) is 0 Å². The van der Waals surface area contributed by atoms with E-state index in [1.54, 1.807) is 23.2 Å². The van der Waals surface area contributed by atoms with E-state index in [-0.39, 0.29) is 17.5 Å². The van der Waals surface area contributed by atoms with Gasteiger partial charge in [-0.3, -0.25) is 4.79 Å². The number of aromatic amines is 1. The van der Waals surface area contributed by atoms with Gasteiger partial charge in [-0.05, 0) is 25.0 Å². The Kier molecular flexibility index (Phi) is 3.72. The lowest BCUT2D eigenvalue weighted by molar-refractivity contribution is 0.0699. The molecule has 3 rings (SSSR count). The number of likely N-dealkylation sites (tertiary alicyclic amines) is 1. The van der Waals surface area contributed by atoms with E-state index in [1.165, 1.54) is 12.5 Å². The van der Waals surface area contributed by atoms with Crippen molar-refractivity contribution in [1.82, 2.24) is 24.8 Å². The molecule has 1 aliphatic rings. The summed E-state index contributed by atoms with van der Waals surface area (Å²) in [7, 11) is 0. The summed E-state index contributed by atoms with van der Waals surface area (Å²) < 4.78 is 0. The SMILES string of the molecule is O=C(c1ccncn1)N1CCC[C@@H](c2ccnc(=O)[nH]2)C1. The summed E-state index contributed by atoms with van der Waals surface area (Å²) in [6.45, 7) is 1.28. The Morgan fingerprint density at radius 2 is 2.19 bits per heavy atom. The van der Waals surface area contributed by atoms with Crippen molar-refractivity contribution < 1.29 is 4.79 Å². The number of nitrogens with one attached hydrogen (secondary N) is 1. The molecule has 21 heavy (non-hydrogen) atoms. The van der Waals surface area contributed by atoms with Crippen LogP contribution in [0, 0.1) is 0 Å². The molecule has 0 bridgehead atoms. The van der Waals surface area contributed by atoms with Crippen LogP contribution >= 0.6 is 0 Å². The van der Waals surface area contributed by atoms with Gasteiger partial charge in [-0.1, -0.05) is 0 Å². The van der Waals surface area contributed by atoms with E-state index in [4.69, 9.17) is 0 Å². The van der Waals surface area contributed by atoms with E-state index in [0.29, 0.717) is 18.8 Å². The molecule has 1 aliphatic heterocycles. The first-order valence-electron chi connectivity index (χ1n) is 6.84. The quantitative estimate of drug-likeness (QED) is 0.871. The molecule has 1 saturated heterocycles. The third kappa shape index (κ3) is 2.96. The van der Waals surface area contributed by atoms with Crippen LogP contribution in [-0.2, 0) is 0 Å². The molecule has 1 fully saturated rings.